The Bertz CT molecular complexity index is 851. The largest absolute Gasteiger partial charge is 0.352 e. The van der Waals surface area contributed by atoms with E-state index in [2.05, 4.69) is 30.4 Å². The fourth-order valence-electron chi connectivity index (χ4n) is 3.41. The Balaban J connectivity index is 2.14. The molecule has 0 saturated carbocycles. The van der Waals surface area contributed by atoms with Gasteiger partial charge in [0.1, 0.15) is 6.04 Å². The molecule has 0 aliphatic rings. The first-order valence-electron chi connectivity index (χ1n) is 10.6. The lowest BCUT2D eigenvalue weighted by molar-refractivity contribution is -0.139. The highest BCUT2D eigenvalue weighted by Crippen LogP contribution is 2.19. The van der Waals surface area contributed by atoms with Gasteiger partial charge in [0.15, 0.2) is 0 Å². The van der Waals surface area contributed by atoms with Gasteiger partial charge >= 0.3 is 0 Å². The lowest BCUT2D eigenvalue weighted by Gasteiger charge is -2.31. The fraction of sp³-hybridized carbons (Fsp3) is 0.440. The van der Waals surface area contributed by atoms with Crippen LogP contribution >= 0.6 is 11.8 Å². The van der Waals surface area contributed by atoms with Gasteiger partial charge in [0.2, 0.25) is 11.8 Å². The van der Waals surface area contributed by atoms with Crippen LogP contribution in [0.15, 0.2) is 48.5 Å². The van der Waals surface area contributed by atoms with Gasteiger partial charge < -0.3 is 10.2 Å². The minimum atomic E-state index is -0.473. The van der Waals surface area contributed by atoms with Crippen LogP contribution in [0.25, 0.3) is 0 Å². The third-order valence-corrected chi connectivity index (χ3v) is 5.96. The van der Waals surface area contributed by atoms with Crippen LogP contribution in [0, 0.1) is 13.8 Å². The maximum absolute atomic E-state index is 13.2. The van der Waals surface area contributed by atoms with E-state index < -0.39 is 6.04 Å². The molecule has 0 heterocycles. The first-order valence-corrected chi connectivity index (χ1v) is 11.7. The van der Waals surface area contributed by atoms with Gasteiger partial charge in [-0.15, -0.1) is 11.8 Å². The van der Waals surface area contributed by atoms with Crippen molar-refractivity contribution in [3.05, 3.63) is 70.8 Å². The van der Waals surface area contributed by atoms with Gasteiger partial charge in [-0.25, -0.2) is 0 Å². The second-order valence-electron chi connectivity index (χ2n) is 8.02. The van der Waals surface area contributed by atoms with E-state index in [-0.39, 0.29) is 17.9 Å². The van der Waals surface area contributed by atoms with Crippen LogP contribution in [-0.2, 0) is 21.9 Å². The summed E-state index contributed by atoms with van der Waals surface area (Å²) in [5.74, 6) is 1.05. The monoisotopic (exact) mass is 426 g/mol. The number of nitrogens with zero attached hydrogens (tertiary/aromatic N) is 1. The molecular weight excluding hydrogens is 392 g/mol. The Hall–Kier alpha value is -2.27. The van der Waals surface area contributed by atoms with Crippen molar-refractivity contribution in [1.82, 2.24) is 10.2 Å². The summed E-state index contributed by atoms with van der Waals surface area (Å²) in [6.07, 6.45) is 0.582. The van der Waals surface area contributed by atoms with E-state index >= 15 is 0 Å². The summed E-state index contributed by atoms with van der Waals surface area (Å²) in [4.78, 5) is 27.8. The van der Waals surface area contributed by atoms with Crippen LogP contribution in [-0.4, -0.2) is 34.6 Å². The molecule has 2 aromatic carbocycles. The smallest absolute Gasteiger partial charge is 0.243 e. The Kier molecular flexibility index (Phi) is 9.44. The molecule has 2 rings (SSSR count). The highest BCUT2D eigenvalue weighted by atomic mass is 32.2. The molecular formula is C25H34N2O2S. The molecule has 0 aliphatic carbocycles. The van der Waals surface area contributed by atoms with Crippen molar-refractivity contribution >= 4 is 23.6 Å². The van der Waals surface area contributed by atoms with Crippen molar-refractivity contribution in [3.63, 3.8) is 0 Å². The maximum atomic E-state index is 13.2. The SMILES string of the molecule is CC[C@H](C(=O)NC(C)C)N(Cc1cccc(C)c1)C(=O)CSCc1ccccc1C. The summed E-state index contributed by atoms with van der Waals surface area (Å²) in [7, 11) is 0. The predicted molar refractivity (Wildman–Crippen MR) is 126 cm³/mol. The normalized spacial score (nSPS) is 11.9. The van der Waals surface area contributed by atoms with Crippen molar-refractivity contribution in [2.24, 2.45) is 0 Å². The van der Waals surface area contributed by atoms with Gasteiger partial charge in [-0.05, 0) is 50.8 Å². The second-order valence-corrected chi connectivity index (χ2v) is 9.00. The summed E-state index contributed by atoms with van der Waals surface area (Å²) in [6, 6.07) is 15.9. The number of hydrogen-bond acceptors (Lipinski definition) is 3. The number of aryl methyl sites for hydroxylation is 2. The molecule has 0 saturated heterocycles. The zero-order chi connectivity index (χ0) is 22.1. The standard InChI is InChI=1S/C25H34N2O2S/c1-6-23(25(29)26-18(2)3)27(15-21-12-9-10-19(4)14-21)24(28)17-30-16-22-13-8-7-11-20(22)5/h7-14,18,23H,6,15-17H2,1-5H3,(H,26,29)/t23-/m1/s1. The first kappa shape index (κ1) is 24.0. The highest BCUT2D eigenvalue weighted by molar-refractivity contribution is 7.99. The molecule has 5 heteroatoms. The Morgan fingerprint density at radius 3 is 2.43 bits per heavy atom. The lowest BCUT2D eigenvalue weighted by atomic mass is 10.1. The average molecular weight is 427 g/mol. The molecule has 2 amide bonds. The van der Waals surface area contributed by atoms with Crippen molar-refractivity contribution in [2.45, 2.75) is 65.4 Å². The molecule has 1 atom stereocenters. The molecule has 0 spiro atoms. The van der Waals surface area contributed by atoms with Crippen molar-refractivity contribution in [2.75, 3.05) is 5.75 Å². The van der Waals surface area contributed by atoms with Crippen molar-refractivity contribution in [1.29, 1.82) is 0 Å². The Labute approximate surface area is 185 Å². The van der Waals surface area contributed by atoms with Gasteiger partial charge in [-0.3, -0.25) is 9.59 Å². The van der Waals surface area contributed by atoms with E-state index in [1.165, 1.54) is 11.1 Å². The maximum Gasteiger partial charge on any atom is 0.243 e. The molecule has 2 aromatic rings. The summed E-state index contributed by atoms with van der Waals surface area (Å²) < 4.78 is 0. The third-order valence-electron chi connectivity index (χ3n) is 5.00. The number of carbonyl (C=O) groups excluding carboxylic acids is 2. The van der Waals surface area contributed by atoms with Crippen LogP contribution in [0.3, 0.4) is 0 Å². The number of carbonyl (C=O) groups is 2. The number of thioether (sulfide) groups is 1. The van der Waals surface area contributed by atoms with E-state index in [0.29, 0.717) is 18.7 Å². The van der Waals surface area contributed by atoms with E-state index in [1.807, 2.05) is 58.0 Å². The summed E-state index contributed by atoms with van der Waals surface area (Å²) >= 11 is 1.60. The zero-order valence-electron chi connectivity index (χ0n) is 18.8. The van der Waals surface area contributed by atoms with E-state index in [1.54, 1.807) is 16.7 Å². The fourth-order valence-corrected chi connectivity index (χ4v) is 4.40. The quantitative estimate of drug-likeness (QED) is 0.590. The number of rotatable bonds is 10. The first-order chi connectivity index (χ1) is 14.3. The molecule has 162 valence electrons. The molecule has 1 N–H and O–H groups in total. The van der Waals surface area contributed by atoms with Gasteiger partial charge in [-0.1, -0.05) is 61.0 Å². The summed E-state index contributed by atoms with van der Waals surface area (Å²) in [6.45, 7) is 10.4. The van der Waals surface area contributed by atoms with Crippen LogP contribution in [0.4, 0.5) is 0 Å². The highest BCUT2D eigenvalue weighted by Gasteiger charge is 2.28. The average Bonchev–Trinajstić information content (AvgIpc) is 2.68. The third kappa shape index (κ3) is 7.21. The number of nitrogens with one attached hydrogen (secondary N) is 1. The van der Waals surface area contributed by atoms with Crippen molar-refractivity contribution in [3.8, 4) is 0 Å². The zero-order valence-corrected chi connectivity index (χ0v) is 19.6. The van der Waals surface area contributed by atoms with Gasteiger partial charge in [0, 0.05) is 18.3 Å². The summed E-state index contributed by atoms with van der Waals surface area (Å²) in [5, 5.41) is 2.98. The lowest BCUT2D eigenvalue weighted by Crippen LogP contribution is -2.50. The Morgan fingerprint density at radius 2 is 1.80 bits per heavy atom. The molecule has 30 heavy (non-hydrogen) atoms. The molecule has 0 aromatic heterocycles. The molecule has 4 nitrogen and oxygen atoms in total. The molecule has 0 aliphatic heterocycles. The number of hydrogen-bond donors (Lipinski definition) is 1. The number of benzene rings is 2. The van der Waals surface area contributed by atoms with E-state index in [0.717, 1.165) is 16.9 Å². The molecule has 0 bridgehead atoms. The molecule has 0 radical (unpaired) electrons. The van der Waals surface area contributed by atoms with Gasteiger partial charge in [0.25, 0.3) is 0 Å². The van der Waals surface area contributed by atoms with E-state index in [4.69, 9.17) is 0 Å². The second kappa shape index (κ2) is 11.8. The number of amides is 2. The van der Waals surface area contributed by atoms with Gasteiger partial charge in [-0.2, -0.15) is 0 Å². The minimum Gasteiger partial charge on any atom is -0.352 e. The van der Waals surface area contributed by atoms with Crippen LogP contribution in [0.2, 0.25) is 0 Å². The van der Waals surface area contributed by atoms with Crippen LogP contribution < -0.4 is 5.32 Å². The van der Waals surface area contributed by atoms with Crippen LogP contribution in [0.5, 0.6) is 0 Å². The molecule has 0 fully saturated rings. The van der Waals surface area contributed by atoms with E-state index in [9.17, 15) is 9.59 Å². The minimum absolute atomic E-state index is 0.000784. The Morgan fingerprint density at radius 1 is 1.07 bits per heavy atom. The molecule has 0 unspecified atom stereocenters. The van der Waals surface area contributed by atoms with Crippen LogP contribution in [0.1, 0.15) is 49.4 Å². The predicted octanol–water partition coefficient (Wildman–Crippen LogP) is 4.87. The topological polar surface area (TPSA) is 49.4 Å². The summed E-state index contributed by atoms with van der Waals surface area (Å²) in [5.41, 5.74) is 4.67. The van der Waals surface area contributed by atoms with Crippen molar-refractivity contribution < 1.29 is 9.59 Å². The van der Waals surface area contributed by atoms with Gasteiger partial charge in [0.05, 0.1) is 5.75 Å².